The summed E-state index contributed by atoms with van der Waals surface area (Å²) < 4.78 is 0. The first-order valence-corrected chi connectivity index (χ1v) is 5.56. The van der Waals surface area contributed by atoms with Crippen molar-refractivity contribution >= 4 is 6.21 Å². The molecule has 0 spiro atoms. The zero-order valence-corrected chi connectivity index (χ0v) is 10.5. The Bertz CT molecular complexity index is 350. The van der Waals surface area contributed by atoms with Crippen molar-refractivity contribution in [1.82, 2.24) is 10.2 Å². The Morgan fingerprint density at radius 1 is 1.56 bits per heavy atom. The van der Waals surface area contributed by atoms with Crippen molar-refractivity contribution < 1.29 is 0 Å². The summed E-state index contributed by atoms with van der Waals surface area (Å²) in [5, 5.41) is 10.9. The molecule has 1 aliphatic heterocycles. The van der Waals surface area contributed by atoms with E-state index in [1.807, 2.05) is 20.0 Å². The van der Waals surface area contributed by atoms with Gasteiger partial charge in [-0.15, -0.1) is 6.58 Å². The molecule has 3 heteroatoms. The average Bonchev–Trinajstić information content (AvgIpc) is 2.22. The maximum absolute atomic E-state index is 7.50. The van der Waals surface area contributed by atoms with Gasteiger partial charge in [-0.25, -0.2) is 0 Å². The molecule has 0 amide bonds. The second kappa shape index (κ2) is 5.01. The minimum Gasteiger partial charge on any atom is -0.369 e. The smallest absolute Gasteiger partial charge is 0.111 e. The van der Waals surface area contributed by atoms with E-state index >= 15 is 0 Å². The summed E-state index contributed by atoms with van der Waals surface area (Å²) in [6.07, 6.45) is 5.44. The van der Waals surface area contributed by atoms with Crippen LogP contribution >= 0.6 is 0 Å². The molecule has 2 N–H and O–H groups in total. The number of hydrogen-bond acceptors (Lipinski definition) is 3. The van der Waals surface area contributed by atoms with E-state index in [0.717, 1.165) is 17.0 Å². The van der Waals surface area contributed by atoms with Crippen molar-refractivity contribution in [1.29, 1.82) is 5.41 Å². The molecule has 0 saturated heterocycles. The quantitative estimate of drug-likeness (QED) is 0.562. The molecular formula is C13H21N3. The lowest BCUT2D eigenvalue weighted by atomic mass is 10.00. The lowest BCUT2D eigenvalue weighted by molar-refractivity contribution is 0.348. The molecule has 0 bridgehead atoms. The highest BCUT2D eigenvalue weighted by molar-refractivity contribution is 5.83. The number of likely N-dealkylation sites (N-methyl/N-ethyl adjacent to an activating group) is 1. The predicted octanol–water partition coefficient (Wildman–Crippen LogP) is 2.29. The maximum atomic E-state index is 7.50. The fourth-order valence-electron chi connectivity index (χ4n) is 1.84. The molecule has 0 aromatic carbocycles. The zero-order chi connectivity index (χ0) is 12.3. The van der Waals surface area contributed by atoms with Crippen molar-refractivity contribution in [3.63, 3.8) is 0 Å². The Balaban J connectivity index is 3.15. The van der Waals surface area contributed by atoms with Crippen LogP contribution in [-0.2, 0) is 0 Å². The van der Waals surface area contributed by atoms with E-state index in [1.54, 1.807) is 0 Å². The number of nitrogens with zero attached hydrogens (tertiary/aromatic N) is 1. The summed E-state index contributed by atoms with van der Waals surface area (Å²) in [7, 11) is 2.02. The monoisotopic (exact) mass is 219 g/mol. The van der Waals surface area contributed by atoms with Crippen molar-refractivity contribution in [3.05, 3.63) is 35.7 Å². The van der Waals surface area contributed by atoms with Crippen molar-refractivity contribution in [3.8, 4) is 0 Å². The standard InChI is InChI=1S/C13H21N3/c1-6-11-7-10(4)12(8-14)13(16(11)5)15-9(2)3/h6-9,11,14-15H,1H2,2-5H3. The third kappa shape index (κ3) is 2.35. The fraction of sp³-hybridized carbons (Fsp3) is 0.462. The number of nitrogens with one attached hydrogen (secondary N) is 2. The highest BCUT2D eigenvalue weighted by Gasteiger charge is 2.22. The topological polar surface area (TPSA) is 39.1 Å². The van der Waals surface area contributed by atoms with Crippen LogP contribution < -0.4 is 5.32 Å². The maximum Gasteiger partial charge on any atom is 0.111 e. The van der Waals surface area contributed by atoms with Gasteiger partial charge in [0, 0.05) is 24.9 Å². The van der Waals surface area contributed by atoms with Gasteiger partial charge in [0.2, 0.25) is 0 Å². The first-order valence-electron chi connectivity index (χ1n) is 5.56. The first-order chi connectivity index (χ1) is 7.51. The lowest BCUT2D eigenvalue weighted by Crippen LogP contribution is -2.41. The third-order valence-corrected chi connectivity index (χ3v) is 2.71. The zero-order valence-electron chi connectivity index (χ0n) is 10.5. The van der Waals surface area contributed by atoms with E-state index < -0.39 is 0 Å². The molecule has 3 nitrogen and oxygen atoms in total. The highest BCUT2D eigenvalue weighted by Crippen LogP contribution is 2.23. The molecular weight excluding hydrogens is 198 g/mol. The van der Waals surface area contributed by atoms with Crippen LogP contribution in [0.5, 0.6) is 0 Å². The Morgan fingerprint density at radius 3 is 2.62 bits per heavy atom. The van der Waals surface area contributed by atoms with E-state index in [9.17, 15) is 0 Å². The molecule has 0 aliphatic carbocycles. The minimum atomic E-state index is 0.199. The summed E-state index contributed by atoms with van der Waals surface area (Å²) in [5.74, 6) is 1.01. The van der Waals surface area contributed by atoms with Gasteiger partial charge in [0.15, 0.2) is 0 Å². The minimum absolute atomic E-state index is 0.199. The van der Waals surface area contributed by atoms with E-state index in [2.05, 4.69) is 36.7 Å². The van der Waals surface area contributed by atoms with Crippen LogP contribution in [0, 0.1) is 5.41 Å². The molecule has 0 aromatic heterocycles. The van der Waals surface area contributed by atoms with E-state index in [0.29, 0.717) is 6.04 Å². The van der Waals surface area contributed by atoms with Crippen LogP contribution in [0.25, 0.3) is 0 Å². The van der Waals surface area contributed by atoms with E-state index in [-0.39, 0.29) is 6.04 Å². The number of hydrogen-bond donors (Lipinski definition) is 2. The second-order valence-electron chi connectivity index (χ2n) is 4.39. The van der Waals surface area contributed by atoms with Crippen LogP contribution in [-0.4, -0.2) is 30.2 Å². The molecule has 1 heterocycles. The van der Waals surface area contributed by atoms with Gasteiger partial charge < -0.3 is 15.6 Å². The van der Waals surface area contributed by atoms with Crippen LogP contribution in [0.15, 0.2) is 35.7 Å². The molecule has 1 rings (SSSR count). The van der Waals surface area contributed by atoms with Crippen LogP contribution in [0.4, 0.5) is 0 Å². The summed E-state index contributed by atoms with van der Waals surface area (Å²) >= 11 is 0. The first kappa shape index (κ1) is 12.6. The van der Waals surface area contributed by atoms with E-state index in [1.165, 1.54) is 6.21 Å². The largest absolute Gasteiger partial charge is 0.369 e. The normalized spacial score (nSPS) is 20.9. The molecule has 0 aromatic rings. The van der Waals surface area contributed by atoms with Crippen molar-refractivity contribution in [2.45, 2.75) is 32.9 Å². The molecule has 1 aliphatic rings. The van der Waals surface area contributed by atoms with Crippen LogP contribution in [0.1, 0.15) is 20.8 Å². The summed E-state index contributed by atoms with van der Waals surface area (Å²) in [6.45, 7) is 10.1. The Kier molecular flexibility index (Phi) is 3.93. The van der Waals surface area contributed by atoms with Crippen molar-refractivity contribution in [2.75, 3.05) is 7.05 Å². The van der Waals surface area contributed by atoms with Gasteiger partial charge in [-0.05, 0) is 26.3 Å². The summed E-state index contributed by atoms with van der Waals surface area (Å²) in [6, 6.07) is 0.550. The van der Waals surface area contributed by atoms with Gasteiger partial charge in [-0.3, -0.25) is 0 Å². The number of allylic oxidation sites excluding steroid dienone is 2. The molecule has 16 heavy (non-hydrogen) atoms. The molecule has 0 saturated carbocycles. The Labute approximate surface area is 98.0 Å². The summed E-state index contributed by atoms with van der Waals surface area (Å²) in [4.78, 5) is 2.11. The third-order valence-electron chi connectivity index (χ3n) is 2.71. The summed E-state index contributed by atoms with van der Waals surface area (Å²) in [5.41, 5.74) is 2.08. The van der Waals surface area contributed by atoms with Gasteiger partial charge in [-0.1, -0.05) is 12.2 Å². The molecule has 1 atom stereocenters. The van der Waals surface area contributed by atoms with Gasteiger partial charge in [0.1, 0.15) is 5.82 Å². The Hall–Kier alpha value is -1.51. The molecule has 88 valence electrons. The predicted molar refractivity (Wildman–Crippen MR) is 69.6 cm³/mol. The Morgan fingerprint density at radius 2 is 2.19 bits per heavy atom. The fourth-order valence-corrected chi connectivity index (χ4v) is 1.84. The van der Waals surface area contributed by atoms with Crippen LogP contribution in [0.2, 0.25) is 0 Å². The van der Waals surface area contributed by atoms with Gasteiger partial charge in [-0.2, -0.15) is 0 Å². The van der Waals surface area contributed by atoms with Gasteiger partial charge in [0.05, 0.1) is 6.04 Å². The lowest BCUT2D eigenvalue weighted by Gasteiger charge is -2.35. The molecule has 0 fully saturated rings. The SMILES string of the molecule is C=CC1C=C(C)C(C=N)=C(NC(C)C)N1C. The van der Waals surface area contributed by atoms with E-state index in [4.69, 9.17) is 5.41 Å². The molecule has 1 unspecified atom stereocenters. The average molecular weight is 219 g/mol. The van der Waals surface area contributed by atoms with Gasteiger partial charge in [0.25, 0.3) is 0 Å². The van der Waals surface area contributed by atoms with Crippen LogP contribution in [0.3, 0.4) is 0 Å². The second-order valence-corrected chi connectivity index (χ2v) is 4.39. The van der Waals surface area contributed by atoms with Crippen molar-refractivity contribution in [2.24, 2.45) is 0 Å². The molecule has 0 radical (unpaired) electrons. The highest BCUT2D eigenvalue weighted by atomic mass is 15.3. The van der Waals surface area contributed by atoms with Gasteiger partial charge >= 0.3 is 0 Å². The number of rotatable bonds is 4.